The number of hydrogen-bond acceptors (Lipinski definition) is 2. The lowest BCUT2D eigenvalue weighted by Crippen LogP contribution is -2.49. The monoisotopic (exact) mass is 226 g/mol. The third-order valence-electron chi connectivity index (χ3n) is 4.40. The lowest BCUT2D eigenvalue weighted by atomic mass is 9.68. The molecule has 1 aliphatic carbocycles. The van der Waals surface area contributed by atoms with Gasteiger partial charge in [0.05, 0.1) is 0 Å². The number of hydrogen-bond donors (Lipinski definition) is 1. The summed E-state index contributed by atoms with van der Waals surface area (Å²) in [6.07, 6.45) is 7.96. The number of nitrogens with two attached hydrogens (primary N) is 1. The van der Waals surface area contributed by atoms with Crippen molar-refractivity contribution in [1.29, 1.82) is 0 Å². The minimum Gasteiger partial charge on any atom is -0.330 e. The van der Waals surface area contributed by atoms with Crippen molar-refractivity contribution in [3.8, 4) is 0 Å². The predicted molar refractivity (Wildman–Crippen MR) is 71.6 cm³/mol. The molecule has 1 saturated carbocycles. The molecule has 96 valence electrons. The standard InChI is InChI=1S/C14H30N2/c1-4-6-10-16(13(3)5-2)12-14(11-15)8-7-9-14/h13H,4-12,15H2,1-3H3. The Balaban J connectivity index is 2.47. The Kier molecular flexibility index (Phi) is 5.77. The molecule has 0 heterocycles. The average Bonchev–Trinajstić information content (AvgIpc) is 2.26. The molecule has 0 radical (unpaired) electrons. The molecule has 2 N–H and O–H groups in total. The van der Waals surface area contributed by atoms with Gasteiger partial charge in [0.15, 0.2) is 0 Å². The molecule has 0 aromatic heterocycles. The molecule has 0 amide bonds. The topological polar surface area (TPSA) is 29.3 Å². The van der Waals surface area contributed by atoms with E-state index in [1.165, 1.54) is 51.6 Å². The third kappa shape index (κ3) is 3.46. The zero-order valence-corrected chi connectivity index (χ0v) is 11.5. The second kappa shape index (κ2) is 6.61. The van der Waals surface area contributed by atoms with Crippen molar-refractivity contribution in [3.63, 3.8) is 0 Å². The quantitative estimate of drug-likeness (QED) is 0.689. The van der Waals surface area contributed by atoms with Crippen LogP contribution in [-0.4, -0.2) is 30.6 Å². The number of nitrogens with zero attached hydrogens (tertiary/aromatic N) is 1. The molecule has 0 aromatic rings. The highest BCUT2D eigenvalue weighted by atomic mass is 15.2. The van der Waals surface area contributed by atoms with E-state index in [-0.39, 0.29) is 0 Å². The van der Waals surface area contributed by atoms with Crippen LogP contribution in [0.1, 0.15) is 59.3 Å². The van der Waals surface area contributed by atoms with Gasteiger partial charge in [0.1, 0.15) is 0 Å². The summed E-state index contributed by atoms with van der Waals surface area (Å²) in [5, 5.41) is 0. The second-order valence-electron chi connectivity index (χ2n) is 5.64. The molecule has 1 rings (SSSR count). The van der Waals surface area contributed by atoms with Crippen LogP contribution >= 0.6 is 0 Å². The molecule has 0 aliphatic heterocycles. The van der Waals surface area contributed by atoms with E-state index in [0.717, 1.165) is 12.6 Å². The van der Waals surface area contributed by atoms with E-state index in [9.17, 15) is 0 Å². The molecule has 16 heavy (non-hydrogen) atoms. The number of rotatable bonds is 8. The van der Waals surface area contributed by atoms with Gasteiger partial charge in [0.25, 0.3) is 0 Å². The molecule has 2 heteroatoms. The maximum atomic E-state index is 5.96. The Morgan fingerprint density at radius 2 is 2.00 bits per heavy atom. The van der Waals surface area contributed by atoms with Gasteiger partial charge < -0.3 is 10.6 Å². The van der Waals surface area contributed by atoms with Crippen molar-refractivity contribution in [2.75, 3.05) is 19.6 Å². The van der Waals surface area contributed by atoms with Crippen LogP contribution in [0, 0.1) is 5.41 Å². The number of unbranched alkanes of at least 4 members (excludes halogenated alkanes) is 1. The van der Waals surface area contributed by atoms with Gasteiger partial charge in [-0.15, -0.1) is 0 Å². The van der Waals surface area contributed by atoms with E-state index in [1.54, 1.807) is 0 Å². The van der Waals surface area contributed by atoms with E-state index < -0.39 is 0 Å². The highest BCUT2D eigenvalue weighted by Crippen LogP contribution is 2.41. The molecule has 1 fully saturated rings. The highest BCUT2D eigenvalue weighted by molar-refractivity contribution is 4.92. The lowest BCUT2D eigenvalue weighted by molar-refractivity contribution is 0.0532. The van der Waals surface area contributed by atoms with Gasteiger partial charge in [-0.05, 0) is 51.1 Å². The van der Waals surface area contributed by atoms with Crippen LogP contribution in [0.4, 0.5) is 0 Å². The Hall–Kier alpha value is -0.0800. The third-order valence-corrected chi connectivity index (χ3v) is 4.40. The normalized spacial score (nSPS) is 20.8. The van der Waals surface area contributed by atoms with Crippen LogP contribution in [0.2, 0.25) is 0 Å². The van der Waals surface area contributed by atoms with Crippen molar-refractivity contribution in [1.82, 2.24) is 4.90 Å². The second-order valence-corrected chi connectivity index (χ2v) is 5.64. The van der Waals surface area contributed by atoms with Crippen LogP contribution in [-0.2, 0) is 0 Å². The van der Waals surface area contributed by atoms with Gasteiger partial charge in [-0.1, -0.05) is 26.7 Å². The molecule has 0 aromatic carbocycles. The summed E-state index contributed by atoms with van der Waals surface area (Å²) < 4.78 is 0. The molecular formula is C14H30N2. The summed E-state index contributed by atoms with van der Waals surface area (Å²) >= 11 is 0. The maximum absolute atomic E-state index is 5.96. The van der Waals surface area contributed by atoms with Gasteiger partial charge in [-0.25, -0.2) is 0 Å². The molecule has 0 spiro atoms. The Labute approximate surface area is 102 Å². The van der Waals surface area contributed by atoms with Crippen LogP contribution in [0.3, 0.4) is 0 Å². The fourth-order valence-corrected chi connectivity index (χ4v) is 2.61. The molecule has 0 saturated heterocycles. The SMILES string of the molecule is CCCCN(CC1(CN)CCC1)C(C)CC. The summed E-state index contributed by atoms with van der Waals surface area (Å²) in [4.78, 5) is 2.68. The summed E-state index contributed by atoms with van der Waals surface area (Å²) in [7, 11) is 0. The molecule has 2 nitrogen and oxygen atoms in total. The van der Waals surface area contributed by atoms with Gasteiger partial charge in [0, 0.05) is 12.6 Å². The van der Waals surface area contributed by atoms with E-state index in [4.69, 9.17) is 5.73 Å². The Morgan fingerprint density at radius 3 is 2.38 bits per heavy atom. The average molecular weight is 226 g/mol. The largest absolute Gasteiger partial charge is 0.330 e. The van der Waals surface area contributed by atoms with Crippen LogP contribution in [0.5, 0.6) is 0 Å². The molecule has 1 aliphatic rings. The van der Waals surface area contributed by atoms with E-state index in [1.807, 2.05) is 0 Å². The molecule has 0 bridgehead atoms. The molecule has 1 atom stereocenters. The zero-order chi connectivity index (χ0) is 12.0. The fourth-order valence-electron chi connectivity index (χ4n) is 2.61. The smallest absolute Gasteiger partial charge is 0.00645 e. The first kappa shape index (κ1) is 14.0. The van der Waals surface area contributed by atoms with Crippen molar-refractivity contribution in [2.45, 2.75) is 65.3 Å². The zero-order valence-electron chi connectivity index (χ0n) is 11.5. The first-order valence-corrected chi connectivity index (χ1v) is 7.11. The van der Waals surface area contributed by atoms with E-state index in [2.05, 4.69) is 25.7 Å². The minimum absolute atomic E-state index is 0.469. The first-order chi connectivity index (χ1) is 7.67. The fraction of sp³-hybridized carbons (Fsp3) is 1.00. The Morgan fingerprint density at radius 1 is 1.31 bits per heavy atom. The maximum Gasteiger partial charge on any atom is 0.00645 e. The molecule has 1 unspecified atom stereocenters. The minimum atomic E-state index is 0.469. The van der Waals surface area contributed by atoms with Crippen molar-refractivity contribution >= 4 is 0 Å². The lowest BCUT2D eigenvalue weighted by Gasteiger charge is -2.46. The van der Waals surface area contributed by atoms with Crippen molar-refractivity contribution < 1.29 is 0 Å². The van der Waals surface area contributed by atoms with E-state index >= 15 is 0 Å². The van der Waals surface area contributed by atoms with E-state index in [0.29, 0.717) is 5.41 Å². The predicted octanol–water partition coefficient (Wildman–Crippen LogP) is 3.02. The summed E-state index contributed by atoms with van der Waals surface area (Å²) in [6, 6.07) is 0.718. The van der Waals surface area contributed by atoms with Crippen molar-refractivity contribution in [3.05, 3.63) is 0 Å². The summed E-state index contributed by atoms with van der Waals surface area (Å²) in [6.45, 7) is 10.3. The van der Waals surface area contributed by atoms with Gasteiger partial charge >= 0.3 is 0 Å². The molecular weight excluding hydrogens is 196 g/mol. The van der Waals surface area contributed by atoms with Gasteiger partial charge in [-0.3, -0.25) is 0 Å². The van der Waals surface area contributed by atoms with Crippen LogP contribution in [0.25, 0.3) is 0 Å². The van der Waals surface area contributed by atoms with Gasteiger partial charge in [0.2, 0.25) is 0 Å². The van der Waals surface area contributed by atoms with Gasteiger partial charge in [-0.2, -0.15) is 0 Å². The Bertz CT molecular complexity index is 182. The summed E-state index contributed by atoms with van der Waals surface area (Å²) in [5.74, 6) is 0. The van der Waals surface area contributed by atoms with Crippen molar-refractivity contribution in [2.24, 2.45) is 11.1 Å². The summed E-state index contributed by atoms with van der Waals surface area (Å²) in [5.41, 5.74) is 6.43. The highest BCUT2D eigenvalue weighted by Gasteiger charge is 2.37. The van der Waals surface area contributed by atoms with Crippen LogP contribution < -0.4 is 5.73 Å². The van der Waals surface area contributed by atoms with Crippen LogP contribution in [0.15, 0.2) is 0 Å². The first-order valence-electron chi connectivity index (χ1n) is 7.11.